The summed E-state index contributed by atoms with van der Waals surface area (Å²) in [5.74, 6) is 0. The van der Waals surface area contributed by atoms with Crippen molar-refractivity contribution in [2.75, 3.05) is 6.54 Å². The molecule has 18 heavy (non-hydrogen) atoms. The summed E-state index contributed by atoms with van der Waals surface area (Å²) in [6.07, 6.45) is 0. The minimum atomic E-state index is -0.667. The zero-order valence-electron chi connectivity index (χ0n) is 12.5. The van der Waals surface area contributed by atoms with Crippen molar-refractivity contribution in [3.63, 3.8) is 0 Å². The van der Waals surface area contributed by atoms with Crippen molar-refractivity contribution in [2.45, 2.75) is 58.6 Å². The van der Waals surface area contributed by atoms with E-state index in [2.05, 4.69) is 57.3 Å². The first-order valence-corrected chi connectivity index (χ1v) is 6.66. The van der Waals surface area contributed by atoms with E-state index in [1.54, 1.807) is 0 Å². The highest BCUT2D eigenvalue weighted by Gasteiger charge is 2.16. The van der Waals surface area contributed by atoms with Crippen molar-refractivity contribution in [2.24, 2.45) is 0 Å². The van der Waals surface area contributed by atoms with Crippen LogP contribution in [0, 0.1) is 0 Å². The molecule has 1 aromatic rings. The number of nitrogens with one attached hydrogen (secondary N) is 1. The lowest BCUT2D eigenvalue weighted by molar-refractivity contribution is 0.0770. The molecule has 2 heteroatoms. The molecule has 0 aliphatic heterocycles. The standard InChI is InChI=1S/C16H27NO/c1-12(17-11-16(5,6)18)13-7-9-14(10-8-13)15(2,3)4/h7-10,12,17-18H,11H2,1-6H3. The van der Waals surface area contributed by atoms with Crippen molar-refractivity contribution in [1.29, 1.82) is 0 Å². The zero-order valence-corrected chi connectivity index (χ0v) is 12.5. The average molecular weight is 249 g/mol. The van der Waals surface area contributed by atoms with Gasteiger partial charge in [0.25, 0.3) is 0 Å². The zero-order chi connectivity index (χ0) is 14.0. The van der Waals surface area contributed by atoms with E-state index < -0.39 is 5.60 Å². The van der Waals surface area contributed by atoms with Gasteiger partial charge in [0.15, 0.2) is 0 Å². The molecule has 0 saturated heterocycles. The first-order chi connectivity index (χ1) is 8.09. The van der Waals surface area contributed by atoms with E-state index >= 15 is 0 Å². The maximum absolute atomic E-state index is 9.70. The van der Waals surface area contributed by atoms with Gasteiger partial charge in [0, 0.05) is 12.6 Å². The lowest BCUT2D eigenvalue weighted by atomic mass is 9.86. The molecule has 2 N–H and O–H groups in total. The molecule has 0 fully saturated rings. The third kappa shape index (κ3) is 4.79. The van der Waals surface area contributed by atoms with E-state index in [0.29, 0.717) is 6.54 Å². The molecule has 1 rings (SSSR count). The fraction of sp³-hybridized carbons (Fsp3) is 0.625. The molecule has 1 atom stereocenters. The molecule has 0 aliphatic carbocycles. The highest BCUT2D eigenvalue weighted by atomic mass is 16.3. The summed E-state index contributed by atoms with van der Waals surface area (Å²) in [6, 6.07) is 8.98. The Hall–Kier alpha value is -0.860. The number of aliphatic hydroxyl groups is 1. The molecule has 0 bridgehead atoms. The summed E-state index contributed by atoms with van der Waals surface area (Å²) in [6.45, 7) is 13.0. The molecule has 102 valence electrons. The van der Waals surface area contributed by atoms with Gasteiger partial charge in [0.1, 0.15) is 0 Å². The number of benzene rings is 1. The fourth-order valence-corrected chi connectivity index (χ4v) is 1.79. The highest BCUT2D eigenvalue weighted by Crippen LogP contribution is 2.23. The molecule has 0 spiro atoms. The van der Waals surface area contributed by atoms with Crippen LogP contribution in [0.1, 0.15) is 58.7 Å². The van der Waals surface area contributed by atoms with Gasteiger partial charge in [-0.3, -0.25) is 0 Å². The molecule has 0 aromatic heterocycles. The van der Waals surface area contributed by atoms with Crippen LogP contribution in [0.5, 0.6) is 0 Å². The van der Waals surface area contributed by atoms with E-state index in [-0.39, 0.29) is 11.5 Å². The fourth-order valence-electron chi connectivity index (χ4n) is 1.79. The number of hydrogen-bond donors (Lipinski definition) is 2. The Kier molecular flexibility index (Phi) is 4.57. The van der Waals surface area contributed by atoms with Crippen LogP contribution in [0.25, 0.3) is 0 Å². The molecule has 2 nitrogen and oxygen atoms in total. The lowest BCUT2D eigenvalue weighted by Crippen LogP contribution is -2.36. The SMILES string of the molecule is CC(NCC(C)(C)O)c1ccc(C(C)(C)C)cc1. The van der Waals surface area contributed by atoms with Crippen LogP contribution in [-0.2, 0) is 5.41 Å². The minimum absolute atomic E-state index is 0.197. The smallest absolute Gasteiger partial charge is 0.0715 e. The van der Waals surface area contributed by atoms with Crippen molar-refractivity contribution in [3.8, 4) is 0 Å². The molecule has 1 aromatic carbocycles. The topological polar surface area (TPSA) is 32.3 Å². The van der Waals surface area contributed by atoms with Gasteiger partial charge < -0.3 is 10.4 Å². The van der Waals surface area contributed by atoms with Gasteiger partial charge in [-0.05, 0) is 37.3 Å². The maximum Gasteiger partial charge on any atom is 0.0715 e. The molecule has 0 radical (unpaired) electrons. The van der Waals surface area contributed by atoms with E-state index in [1.165, 1.54) is 11.1 Å². The van der Waals surface area contributed by atoms with Gasteiger partial charge in [0.05, 0.1) is 5.60 Å². The number of hydrogen-bond acceptors (Lipinski definition) is 2. The van der Waals surface area contributed by atoms with Gasteiger partial charge in [0.2, 0.25) is 0 Å². The maximum atomic E-state index is 9.70. The Labute approximate surface area is 111 Å². The first-order valence-electron chi connectivity index (χ1n) is 6.66. The highest BCUT2D eigenvalue weighted by molar-refractivity contribution is 5.29. The number of rotatable bonds is 4. The van der Waals surface area contributed by atoms with Gasteiger partial charge in [-0.25, -0.2) is 0 Å². The van der Waals surface area contributed by atoms with E-state index in [9.17, 15) is 5.11 Å². The van der Waals surface area contributed by atoms with Crippen molar-refractivity contribution in [3.05, 3.63) is 35.4 Å². The van der Waals surface area contributed by atoms with E-state index in [1.807, 2.05) is 13.8 Å². The third-order valence-electron chi connectivity index (χ3n) is 3.12. The van der Waals surface area contributed by atoms with Crippen LogP contribution < -0.4 is 5.32 Å². The first kappa shape index (κ1) is 15.2. The molecule has 0 amide bonds. The molecule has 0 saturated carbocycles. The van der Waals surface area contributed by atoms with Crippen LogP contribution in [-0.4, -0.2) is 17.3 Å². The Bertz CT molecular complexity index is 368. The second kappa shape index (κ2) is 5.41. The second-order valence-corrected chi connectivity index (χ2v) is 6.79. The molecule has 0 heterocycles. The predicted molar refractivity (Wildman–Crippen MR) is 77.9 cm³/mol. The average Bonchev–Trinajstić information content (AvgIpc) is 2.24. The third-order valence-corrected chi connectivity index (χ3v) is 3.12. The summed E-state index contributed by atoms with van der Waals surface area (Å²) in [4.78, 5) is 0. The quantitative estimate of drug-likeness (QED) is 0.857. The van der Waals surface area contributed by atoms with Crippen LogP contribution in [0.3, 0.4) is 0 Å². The van der Waals surface area contributed by atoms with E-state index in [0.717, 1.165) is 0 Å². The summed E-state index contributed by atoms with van der Waals surface area (Å²) in [5.41, 5.74) is 2.13. The van der Waals surface area contributed by atoms with Crippen LogP contribution in [0.2, 0.25) is 0 Å². The lowest BCUT2D eigenvalue weighted by Gasteiger charge is -2.23. The van der Waals surface area contributed by atoms with E-state index in [4.69, 9.17) is 0 Å². The Morgan fingerprint density at radius 1 is 1.06 bits per heavy atom. The minimum Gasteiger partial charge on any atom is -0.389 e. The summed E-state index contributed by atoms with van der Waals surface area (Å²) in [5, 5.41) is 13.0. The Morgan fingerprint density at radius 3 is 1.94 bits per heavy atom. The van der Waals surface area contributed by atoms with Crippen LogP contribution >= 0.6 is 0 Å². The Balaban J connectivity index is 2.68. The molecule has 1 unspecified atom stereocenters. The predicted octanol–water partition coefficient (Wildman–Crippen LogP) is 3.41. The monoisotopic (exact) mass is 249 g/mol. The van der Waals surface area contributed by atoms with Crippen molar-refractivity contribution in [1.82, 2.24) is 5.32 Å². The van der Waals surface area contributed by atoms with Gasteiger partial charge in [-0.15, -0.1) is 0 Å². The Morgan fingerprint density at radius 2 is 1.56 bits per heavy atom. The summed E-state index contributed by atoms with van der Waals surface area (Å²) >= 11 is 0. The van der Waals surface area contributed by atoms with Gasteiger partial charge in [-0.2, -0.15) is 0 Å². The van der Waals surface area contributed by atoms with Gasteiger partial charge in [-0.1, -0.05) is 45.0 Å². The molecular formula is C16H27NO. The molecular weight excluding hydrogens is 222 g/mol. The van der Waals surface area contributed by atoms with Crippen molar-refractivity contribution < 1.29 is 5.11 Å². The molecule has 0 aliphatic rings. The van der Waals surface area contributed by atoms with Crippen LogP contribution in [0.4, 0.5) is 0 Å². The van der Waals surface area contributed by atoms with Crippen LogP contribution in [0.15, 0.2) is 24.3 Å². The second-order valence-electron chi connectivity index (χ2n) is 6.79. The van der Waals surface area contributed by atoms with Crippen molar-refractivity contribution >= 4 is 0 Å². The van der Waals surface area contributed by atoms with Gasteiger partial charge >= 0.3 is 0 Å². The largest absolute Gasteiger partial charge is 0.389 e. The normalized spacial score (nSPS) is 14.6. The summed E-state index contributed by atoms with van der Waals surface area (Å²) < 4.78 is 0. The summed E-state index contributed by atoms with van der Waals surface area (Å²) in [7, 11) is 0.